The second-order valence-electron chi connectivity index (χ2n) is 5.80. The fraction of sp³-hybridized carbons (Fsp3) is 0.625. The SMILES string of the molecule is COc1ncccc1C(=O)N(CC1CCNCC1)C(C)C. The molecule has 0 aromatic carbocycles. The molecule has 1 fully saturated rings. The summed E-state index contributed by atoms with van der Waals surface area (Å²) in [5.41, 5.74) is 0.544. The van der Waals surface area contributed by atoms with Gasteiger partial charge in [0.25, 0.3) is 5.91 Å². The van der Waals surface area contributed by atoms with E-state index in [-0.39, 0.29) is 11.9 Å². The van der Waals surface area contributed by atoms with E-state index in [4.69, 9.17) is 4.74 Å². The van der Waals surface area contributed by atoms with Gasteiger partial charge in [-0.05, 0) is 57.8 Å². The number of rotatable bonds is 5. The Morgan fingerprint density at radius 3 is 2.81 bits per heavy atom. The van der Waals surface area contributed by atoms with Crippen LogP contribution >= 0.6 is 0 Å². The van der Waals surface area contributed by atoms with Gasteiger partial charge in [-0.3, -0.25) is 4.79 Å². The van der Waals surface area contributed by atoms with Gasteiger partial charge in [0, 0.05) is 18.8 Å². The third-order valence-corrected chi connectivity index (χ3v) is 3.99. The van der Waals surface area contributed by atoms with Gasteiger partial charge in [-0.25, -0.2) is 4.98 Å². The lowest BCUT2D eigenvalue weighted by Gasteiger charge is -2.33. The number of nitrogens with one attached hydrogen (secondary N) is 1. The van der Waals surface area contributed by atoms with E-state index < -0.39 is 0 Å². The van der Waals surface area contributed by atoms with Crippen molar-refractivity contribution >= 4 is 5.91 Å². The molecule has 0 radical (unpaired) electrons. The molecule has 116 valence electrons. The van der Waals surface area contributed by atoms with Crippen molar-refractivity contribution in [2.75, 3.05) is 26.7 Å². The lowest BCUT2D eigenvalue weighted by atomic mass is 9.96. The van der Waals surface area contributed by atoms with Gasteiger partial charge in [-0.15, -0.1) is 0 Å². The van der Waals surface area contributed by atoms with Gasteiger partial charge in [0.2, 0.25) is 5.88 Å². The number of ether oxygens (including phenoxy) is 1. The molecule has 1 aromatic rings. The molecule has 0 saturated carbocycles. The first-order valence-electron chi connectivity index (χ1n) is 7.64. The molecule has 1 saturated heterocycles. The number of hydrogen-bond acceptors (Lipinski definition) is 4. The Morgan fingerprint density at radius 2 is 2.19 bits per heavy atom. The van der Waals surface area contributed by atoms with E-state index in [1.165, 1.54) is 0 Å². The van der Waals surface area contributed by atoms with E-state index in [2.05, 4.69) is 24.1 Å². The average molecular weight is 291 g/mol. The summed E-state index contributed by atoms with van der Waals surface area (Å²) in [6.45, 7) is 7.00. The summed E-state index contributed by atoms with van der Waals surface area (Å²) in [4.78, 5) is 18.9. The van der Waals surface area contributed by atoms with E-state index in [0.717, 1.165) is 32.5 Å². The van der Waals surface area contributed by atoms with Crippen LogP contribution in [0.2, 0.25) is 0 Å². The van der Waals surface area contributed by atoms with Crippen molar-refractivity contribution in [1.29, 1.82) is 0 Å². The van der Waals surface area contributed by atoms with Crippen molar-refractivity contribution in [3.05, 3.63) is 23.9 Å². The number of nitrogens with zero attached hydrogens (tertiary/aromatic N) is 2. The molecule has 1 N–H and O–H groups in total. The van der Waals surface area contributed by atoms with Crippen LogP contribution in [0.1, 0.15) is 37.0 Å². The summed E-state index contributed by atoms with van der Waals surface area (Å²) >= 11 is 0. The molecular formula is C16H25N3O2. The normalized spacial score (nSPS) is 16.0. The summed E-state index contributed by atoms with van der Waals surface area (Å²) in [5, 5.41) is 3.36. The highest BCUT2D eigenvalue weighted by molar-refractivity contribution is 5.96. The molecule has 5 heteroatoms. The quantitative estimate of drug-likeness (QED) is 0.901. The molecule has 0 bridgehead atoms. The van der Waals surface area contributed by atoms with E-state index in [0.29, 0.717) is 17.4 Å². The Bertz CT molecular complexity index is 470. The minimum atomic E-state index is 0.00785. The molecule has 1 aliphatic rings. The van der Waals surface area contributed by atoms with E-state index in [1.54, 1.807) is 25.4 Å². The fourth-order valence-corrected chi connectivity index (χ4v) is 2.74. The summed E-state index contributed by atoms with van der Waals surface area (Å²) in [5.74, 6) is 0.979. The maximum atomic E-state index is 12.8. The first kappa shape index (κ1) is 15.8. The zero-order valence-corrected chi connectivity index (χ0v) is 13.1. The molecule has 1 aliphatic heterocycles. The molecule has 21 heavy (non-hydrogen) atoms. The third-order valence-electron chi connectivity index (χ3n) is 3.99. The van der Waals surface area contributed by atoms with Gasteiger partial charge in [0.05, 0.1) is 7.11 Å². The summed E-state index contributed by atoms with van der Waals surface area (Å²) in [6, 6.07) is 3.72. The van der Waals surface area contributed by atoms with E-state index >= 15 is 0 Å². The first-order valence-corrected chi connectivity index (χ1v) is 7.64. The lowest BCUT2D eigenvalue weighted by molar-refractivity contribution is 0.0654. The van der Waals surface area contributed by atoms with Gasteiger partial charge in [0.15, 0.2) is 0 Å². The zero-order valence-electron chi connectivity index (χ0n) is 13.1. The van der Waals surface area contributed by atoms with Gasteiger partial charge in [0.1, 0.15) is 5.56 Å². The maximum Gasteiger partial charge on any atom is 0.259 e. The van der Waals surface area contributed by atoms with Crippen LogP contribution in [0.15, 0.2) is 18.3 Å². The monoisotopic (exact) mass is 291 g/mol. The Hall–Kier alpha value is -1.62. The molecule has 0 unspecified atom stereocenters. The smallest absolute Gasteiger partial charge is 0.259 e. The van der Waals surface area contributed by atoms with E-state index in [9.17, 15) is 4.79 Å². The molecular weight excluding hydrogens is 266 g/mol. The highest BCUT2D eigenvalue weighted by Crippen LogP contribution is 2.21. The second-order valence-corrected chi connectivity index (χ2v) is 5.80. The summed E-state index contributed by atoms with van der Waals surface area (Å²) < 4.78 is 5.22. The Morgan fingerprint density at radius 1 is 1.48 bits per heavy atom. The molecule has 2 heterocycles. The molecule has 0 atom stereocenters. The van der Waals surface area contributed by atoms with Crippen molar-refractivity contribution < 1.29 is 9.53 Å². The van der Waals surface area contributed by atoms with E-state index in [1.807, 2.05) is 4.90 Å². The molecule has 0 aliphatic carbocycles. The Labute approximate surface area is 126 Å². The molecule has 0 spiro atoms. The predicted molar refractivity (Wildman–Crippen MR) is 82.6 cm³/mol. The van der Waals surface area contributed by atoms with Crippen molar-refractivity contribution in [3.63, 3.8) is 0 Å². The average Bonchev–Trinajstić information content (AvgIpc) is 2.52. The van der Waals surface area contributed by atoms with Crippen LogP contribution in [-0.4, -0.2) is 48.6 Å². The van der Waals surface area contributed by atoms with Gasteiger partial charge in [-0.1, -0.05) is 0 Å². The number of carbonyl (C=O) groups is 1. The largest absolute Gasteiger partial charge is 0.480 e. The number of amides is 1. The maximum absolute atomic E-state index is 12.8. The molecule has 5 nitrogen and oxygen atoms in total. The number of methoxy groups -OCH3 is 1. The van der Waals surface area contributed by atoms with Crippen LogP contribution in [0.3, 0.4) is 0 Å². The summed E-state index contributed by atoms with van der Waals surface area (Å²) in [6.07, 6.45) is 3.89. The van der Waals surface area contributed by atoms with Gasteiger partial charge >= 0.3 is 0 Å². The van der Waals surface area contributed by atoms with Crippen LogP contribution in [-0.2, 0) is 0 Å². The highest BCUT2D eigenvalue weighted by Gasteiger charge is 2.26. The van der Waals surface area contributed by atoms with Crippen LogP contribution in [0, 0.1) is 5.92 Å². The first-order chi connectivity index (χ1) is 10.1. The topological polar surface area (TPSA) is 54.5 Å². The van der Waals surface area contributed by atoms with Crippen molar-refractivity contribution in [1.82, 2.24) is 15.2 Å². The standard InChI is InChI=1S/C16H25N3O2/c1-12(2)19(11-13-6-9-17-10-7-13)16(20)14-5-4-8-18-15(14)21-3/h4-5,8,12-13,17H,6-7,9-11H2,1-3H3. The zero-order chi connectivity index (χ0) is 15.2. The van der Waals surface area contributed by atoms with Gasteiger partial charge < -0.3 is 15.0 Å². The molecule has 1 aromatic heterocycles. The van der Waals surface area contributed by atoms with Crippen molar-refractivity contribution in [2.45, 2.75) is 32.7 Å². The number of pyridine rings is 1. The van der Waals surface area contributed by atoms with Gasteiger partial charge in [-0.2, -0.15) is 0 Å². The summed E-state index contributed by atoms with van der Waals surface area (Å²) in [7, 11) is 1.55. The second kappa shape index (κ2) is 7.41. The number of hydrogen-bond donors (Lipinski definition) is 1. The minimum Gasteiger partial charge on any atom is -0.480 e. The predicted octanol–water partition coefficient (Wildman–Crippen LogP) is 1.94. The van der Waals surface area contributed by atoms with Crippen molar-refractivity contribution in [3.8, 4) is 5.88 Å². The number of piperidine rings is 1. The lowest BCUT2D eigenvalue weighted by Crippen LogP contribution is -2.43. The Kier molecular flexibility index (Phi) is 5.56. The number of carbonyl (C=O) groups excluding carboxylic acids is 1. The molecule has 2 rings (SSSR count). The van der Waals surface area contributed by atoms with Crippen LogP contribution in [0.25, 0.3) is 0 Å². The van der Waals surface area contributed by atoms with Crippen molar-refractivity contribution in [2.24, 2.45) is 5.92 Å². The van der Waals surface area contributed by atoms with Crippen LogP contribution in [0.4, 0.5) is 0 Å². The number of aromatic nitrogens is 1. The Balaban J connectivity index is 2.14. The molecule has 1 amide bonds. The minimum absolute atomic E-state index is 0.00785. The fourth-order valence-electron chi connectivity index (χ4n) is 2.74. The highest BCUT2D eigenvalue weighted by atomic mass is 16.5. The third kappa shape index (κ3) is 3.94. The van der Waals surface area contributed by atoms with Crippen LogP contribution in [0.5, 0.6) is 5.88 Å². The van der Waals surface area contributed by atoms with Crippen LogP contribution < -0.4 is 10.1 Å².